The number of benzene rings is 1. The Kier molecular flexibility index (Phi) is 5.70. The second-order valence-electron chi connectivity index (χ2n) is 7.22. The van der Waals surface area contributed by atoms with Crippen molar-refractivity contribution in [3.63, 3.8) is 0 Å². The number of amides is 2. The molecule has 0 bridgehead atoms. The molecule has 148 valence electrons. The van der Waals surface area contributed by atoms with Gasteiger partial charge in [0.15, 0.2) is 0 Å². The van der Waals surface area contributed by atoms with Gasteiger partial charge in [-0.2, -0.15) is 0 Å². The van der Waals surface area contributed by atoms with Crippen LogP contribution in [-0.4, -0.2) is 18.4 Å². The Hall–Kier alpha value is -2.29. The number of rotatable bonds is 3. The van der Waals surface area contributed by atoms with Gasteiger partial charge in [-0.1, -0.05) is 18.6 Å². The average molecular weight is 402 g/mol. The Morgan fingerprint density at radius 3 is 2.68 bits per heavy atom. The monoisotopic (exact) mass is 402 g/mol. The first kappa shape index (κ1) is 19.0. The van der Waals surface area contributed by atoms with Crippen LogP contribution in [0.25, 0.3) is 0 Å². The minimum absolute atomic E-state index is 0.288. The summed E-state index contributed by atoms with van der Waals surface area (Å²) in [5.41, 5.74) is 13.1. The smallest absolute Gasteiger partial charge is 0.273 e. The summed E-state index contributed by atoms with van der Waals surface area (Å²) in [5, 5.41) is 0. The van der Waals surface area contributed by atoms with Crippen molar-refractivity contribution in [3.05, 3.63) is 57.0 Å². The standard InChI is InChI=1S/C20H23FN4O2S/c21-14-8-6-12(7-9-14)18-15(11-22-23-18)19(26)24-25-20(27)17-10-13-4-2-1-3-5-16(13)28-17/h6-10,15,18,22-23H,1-5,11H2,(H,24,26)(H,25,27). The average Bonchev–Trinajstić information content (AvgIpc) is 3.29. The molecule has 2 amide bonds. The molecule has 4 N–H and O–H groups in total. The Labute approximate surface area is 166 Å². The van der Waals surface area contributed by atoms with Gasteiger partial charge in [-0.15, -0.1) is 11.3 Å². The lowest BCUT2D eigenvalue weighted by molar-refractivity contribution is -0.125. The predicted molar refractivity (Wildman–Crippen MR) is 105 cm³/mol. The van der Waals surface area contributed by atoms with Crippen LogP contribution in [0.15, 0.2) is 30.3 Å². The number of fused-ring (bicyclic) bond motifs is 1. The molecule has 2 heterocycles. The summed E-state index contributed by atoms with van der Waals surface area (Å²) in [4.78, 5) is 27.0. The zero-order chi connectivity index (χ0) is 19.5. The molecular weight excluding hydrogens is 379 g/mol. The van der Waals surface area contributed by atoms with E-state index in [1.807, 2.05) is 6.07 Å². The van der Waals surface area contributed by atoms with Crippen molar-refractivity contribution >= 4 is 23.2 Å². The van der Waals surface area contributed by atoms with Gasteiger partial charge in [-0.3, -0.25) is 25.9 Å². The number of hydrogen-bond donors (Lipinski definition) is 4. The molecule has 6 nitrogen and oxygen atoms in total. The molecule has 8 heteroatoms. The quantitative estimate of drug-likeness (QED) is 0.469. The van der Waals surface area contributed by atoms with Crippen LogP contribution in [0.1, 0.15) is 51.0 Å². The Bertz CT molecular complexity index is 844. The van der Waals surface area contributed by atoms with Crippen LogP contribution in [-0.2, 0) is 17.6 Å². The molecular formula is C20H23FN4O2S. The highest BCUT2D eigenvalue weighted by Gasteiger charge is 2.34. The van der Waals surface area contributed by atoms with Crippen LogP contribution in [0.3, 0.4) is 0 Å². The van der Waals surface area contributed by atoms with E-state index in [0.29, 0.717) is 11.4 Å². The minimum Gasteiger partial charge on any atom is -0.273 e. The zero-order valence-electron chi connectivity index (χ0n) is 15.4. The number of thiophene rings is 1. The first-order valence-corrected chi connectivity index (χ1v) is 10.4. The van der Waals surface area contributed by atoms with Gasteiger partial charge in [0.05, 0.1) is 16.8 Å². The summed E-state index contributed by atoms with van der Waals surface area (Å²) >= 11 is 1.52. The fraction of sp³-hybridized carbons (Fsp3) is 0.400. The van der Waals surface area contributed by atoms with Crippen molar-refractivity contribution in [3.8, 4) is 0 Å². The third kappa shape index (κ3) is 4.09. The maximum Gasteiger partial charge on any atom is 0.279 e. The molecule has 0 saturated carbocycles. The van der Waals surface area contributed by atoms with E-state index in [0.717, 1.165) is 31.2 Å². The molecule has 4 rings (SSSR count). The molecule has 2 unspecified atom stereocenters. The molecule has 0 spiro atoms. The first-order valence-electron chi connectivity index (χ1n) is 9.57. The van der Waals surface area contributed by atoms with Gasteiger partial charge < -0.3 is 0 Å². The lowest BCUT2D eigenvalue weighted by atomic mass is 9.94. The number of hydrogen-bond acceptors (Lipinski definition) is 5. The lowest BCUT2D eigenvalue weighted by Crippen LogP contribution is -2.46. The fourth-order valence-electron chi connectivity index (χ4n) is 3.78. The summed E-state index contributed by atoms with van der Waals surface area (Å²) in [6.07, 6.45) is 5.60. The van der Waals surface area contributed by atoms with Gasteiger partial charge in [0.2, 0.25) is 5.91 Å². The van der Waals surface area contributed by atoms with E-state index in [9.17, 15) is 14.0 Å². The fourth-order valence-corrected chi connectivity index (χ4v) is 4.93. The number of halogens is 1. The molecule has 28 heavy (non-hydrogen) atoms. The van der Waals surface area contributed by atoms with E-state index in [1.54, 1.807) is 12.1 Å². The van der Waals surface area contributed by atoms with E-state index in [1.165, 1.54) is 40.3 Å². The Balaban J connectivity index is 1.37. The molecule has 1 fully saturated rings. The topological polar surface area (TPSA) is 82.3 Å². The minimum atomic E-state index is -0.425. The van der Waals surface area contributed by atoms with E-state index < -0.39 is 5.92 Å². The van der Waals surface area contributed by atoms with Crippen molar-refractivity contribution in [2.75, 3.05) is 6.54 Å². The van der Waals surface area contributed by atoms with Crippen LogP contribution in [0, 0.1) is 11.7 Å². The number of carbonyl (C=O) groups is 2. The molecule has 2 aromatic rings. The largest absolute Gasteiger partial charge is 0.279 e. The Morgan fingerprint density at radius 2 is 1.86 bits per heavy atom. The molecule has 2 aliphatic rings. The lowest BCUT2D eigenvalue weighted by Gasteiger charge is -2.18. The maximum absolute atomic E-state index is 13.1. The zero-order valence-corrected chi connectivity index (χ0v) is 16.2. The second kappa shape index (κ2) is 8.38. The third-order valence-electron chi connectivity index (χ3n) is 5.32. The van der Waals surface area contributed by atoms with E-state index in [4.69, 9.17) is 0 Å². The third-order valence-corrected chi connectivity index (χ3v) is 6.55. The molecule has 0 radical (unpaired) electrons. The molecule has 1 saturated heterocycles. The molecule has 2 atom stereocenters. The SMILES string of the molecule is O=C(NNC(=O)C1CNNC1c1ccc(F)cc1)c1cc2c(s1)CCCCC2. The van der Waals surface area contributed by atoms with Crippen LogP contribution in [0.5, 0.6) is 0 Å². The van der Waals surface area contributed by atoms with Gasteiger partial charge in [-0.25, -0.2) is 9.82 Å². The Morgan fingerprint density at radius 1 is 1.07 bits per heavy atom. The van der Waals surface area contributed by atoms with Gasteiger partial charge in [0.1, 0.15) is 5.82 Å². The molecule has 1 aromatic carbocycles. The van der Waals surface area contributed by atoms with Crippen LogP contribution in [0.4, 0.5) is 4.39 Å². The van der Waals surface area contributed by atoms with Crippen molar-refractivity contribution in [1.82, 2.24) is 21.7 Å². The van der Waals surface area contributed by atoms with Crippen molar-refractivity contribution in [1.29, 1.82) is 0 Å². The van der Waals surface area contributed by atoms with E-state index in [-0.39, 0.29) is 23.7 Å². The van der Waals surface area contributed by atoms with Crippen molar-refractivity contribution in [2.45, 2.75) is 38.1 Å². The summed E-state index contributed by atoms with van der Waals surface area (Å²) in [6.45, 7) is 0.414. The number of hydrazine groups is 2. The molecule has 1 aromatic heterocycles. The number of nitrogens with one attached hydrogen (secondary N) is 4. The van der Waals surface area contributed by atoms with E-state index in [2.05, 4.69) is 21.7 Å². The van der Waals surface area contributed by atoms with Gasteiger partial charge in [-0.05, 0) is 55.0 Å². The number of carbonyl (C=O) groups excluding carboxylic acids is 2. The normalized spacial score (nSPS) is 21.6. The molecule has 1 aliphatic heterocycles. The highest BCUT2D eigenvalue weighted by atomic mass is 32.1. The van der Waals surface area contributed by atoms with Crippen LogP contribution < -0.4 is 21.7 Å². The summed E-state index contributed by atoms with van der Waals surface area (Å²) in [6, 6.07) is 7.69. The highest BCUT2D eigenvalue weighted by molar-refractivity contribution is 7.14. The van der Waals surface area contributed by atoms with Crippen LogP contribution in [0.2, 0.25) is 0 Å². The van der Waals surface area contributed by atoms with Crippen LogP contribution >= 0.6 is 11.3 Å². The second-order valence-corrected chi connectivity index (χ2v) is 8.36. The first-order chi connectivity index (χ1) is 13.6. The van der Waals surface area contributed by atoms with Gasteiger partial charge in [0.25, 0.3) is 5.91 Å². The summed E-state index contributed by atoms with van der Waals surface area (Å²) in [5.74, 6) is -1.33. The summed E-state index contributed by atoms with van der Waals surface area (Å²) in [7, 11) is 0. The predicted octanol–water partition coefficient (Wildman–Crippen LogP) is 2.38. The van der Waals surface area contributed by atoms with Crippen molar-refractivity contribution in [2.24, 2.45) is 5.92 Å². The number of aryl methyl sites for hydroxylation is 2. The highest BCUT2D eigenvalue weighted by Crippen LogP contribution is 2.29. The molecule has 1 aliphatic carbocycles. The summed E-state index contributed by atoms with van der Waals surface area (Å²) < 4.78 is 13.1. The maximum atomic E-state index is 13.1. The van der Waals surface area contributed by atoms with Crippen molar-refractivity contribution < 1.29 is 14.0 Å². The van der Waals surface area contributed by atoms with Gasteiger partial charge >= 0.3 is 0 Å². The van der Waals surface area contributed by atoms with Gasteiger partial charge in [0, 0.05) is 11.4 Å². The van der Waals surface area contributed by atoms with E-state index >= 15 is 0 Å².